The number of ether oxygens (including phenoxy) is 3. The Balaban J connectivity index is 1.31. The van der Waals surface area contributed by atoms with E-state index in [-0.39, 0.29) is 18.1 Å². The lowest BCUT2D eigenvalue weighted by Gasteiger charge is -2.33. The Bertz CT molecular complexity index is 701. The zero-order valence-electron chi connectivity index (χ0n) is 17.8. The van der Waals surface area contributed by atoms with Crippen LogP contribution < -0.4 is 4.74 Å². The van der Waals surface area contributed by atoms with Crippen molar-refractivity contribution in [2.45, 2.75) is 51.2 Å². The van der Waals surface area contributed by atoms with E-state index in [2.05, 4.69) is 0 Å². The van der Waals surface area contributed by atoms with Gasteiger partial charge in [0.25, 0.3) is 0 Å². The largest absolute Gasteiger partial charge is 0.491 e. The molecule has 1 amide bonds. The van der Waals surface area contributed by atoms with Gasteiger partial charge >= 0.3 is 17.5 Å². The molecule has 0 atom stereocenters. The van der Waals surface area contributed by atoms with Crippen molar-refractivity contribution >= 4 is 17.5 Å². The number of hydrogen-bond donors (Lipinski definition) is 0. The van der Waals surface area contributed by atoms with E-state index in [1.165, 1.54) is 0 Å². The van der Waals surface area contributed by atoms with Crippen LogP contribution in [0.4, 0.5) is 4.79 Å². The number of carbonyl (C=O) groups excluding carboxylic acids is 1. The molecule has 2 fully saturated rings. The Kier molecular flexibility index (Phi) is 8.10. The summed E-state index contributed by atoms with van der Waals surface area (Å²) in [5.74, 6) is 0.843. The first-order chi connectivity index (χ1) is 14.3. The SMILES string of the molecule is CC(C)(C)OC(=O)N1CCC(OCCOc2ccc(C3COS(=O)OC3)cc2)CC1. The number of carbonyl (C=O) groups is 1. The Morgan fingerprint density at radius 3 is 2.33 bits per heavy atom. The Morgan fingerprint density at radius 2 is 1.73 bits per heavy atom. The predicted molar refractivity (Wildman–Crippen MR) is 112 cm³/mol. The van der Waals surface area contributed by atoms with Gasteiger partial charge in [0, 0.05) is 19.0 Å². The fraction of sp³-hybridized carbons (Fsp3) is 0.667. The molecular weight excluding hydrogens is 410 g/mol. The van der Waals surface area contributed by atoms with E-state index < -0.39 is 17.0 Å². The maximum absolute atomic E-state index is 12.1. The maximum Gasteiger partial charge on any atom is 0.410 e. The van der Waals surface area contributed by atoms with Crippen molar-refractivity contribution in [2.75, 3.05) is 39.5 Å². The molecular formula is C21H31NO7S. The van der Waals surface area contributed by atoms with E-state index in [0.29, 0.717) is 39.5 Å². The smallest absolute Gasteiger partial charge is 0.410 e. The van der Waals surface area contributed by atoms with Gasteiger partial charge < -0.3 is 19.1 Å². The van der Waals surface area contributed by atoms with Gasteiger partial charge in [-0.05, 0) is 51.3 Å². The zero-order chi connectivity index (χ0) is 21.6. The van der Waals surface area contributed by atoms with Crippen LogP contribution in [-0.4, -0.2) is 66.4 Å². The van der Waals surface area contributed by atoms with Gasteiger partial charge in [-0.2, -0.15) is 4.21 Å². The molecule has 0 N–H and O–H groups in total. The number of hydrogen-bond acceptors (Lipinski definition) is 7. The molecule has 3 rings (SSSR count). The fourth-order valence-electron chi connectivity index (χ4n) is 3.29. The maximum atomic E-state index is 12.1. The van der Waals surface area contributed by atoms with Crippen LogP contribution in [0.1, 0.15) is 45.1 Å². The quantitative estimate of drug-likeness (QED) is 0.627. The summed E-state index contributed by atoms with van der Waals surface area (Å²) in [7, 11) is 0. The normalized spacial score (nSPS) is 23.2. The topological polar surface area (TPSA) is 83.5 Å². The van der Waals surface area contributed by atoms with Gasteiger partial charge in [-0.3, -0.25) is 8.37 Å². The van der Waals surface area contributed by atoms with Crippen molar-refractivity contribution in [1.82, 2.24) is 4.90 Å². The Morgan fingerprint density at radius 1 is 1.10 bits per heavy atom. The van der Waals surface area contributed by atoms with E-state index in [1.54, 1.807) is 4.90 Å². The number of amides is 1. The third kappa shape index (κ3) is 7.23. The number of nitrogens with zero attached hydrogens (tertiary/aromatic N) is 1. The first kappa shape index (κ1) is 23.0. The standard InChI is InChI=1S/C21H31NO7S/c1-21(2,3)29-20(23)22-10-8-19(9-11-22)26-13-12-25-18-6-4-16(5-7-18)17-14-27-30(24)28-15-17/h4-7,17,19H,8-15H2,1-3H3. The van der Waals surface area contributed by atoms with Gasteiger partial charge in [0.05, 0.1) is 25.9 Å². The monoisotopic (exact) mass is 441 g/mol. The summed E-state index contributed by atoms with van der Waals surface area (Å²) in [6.07, 6.45) is 1.47. The molecule has 0 unspecified atom stereocenters. The molecule has 2 saturated heterocycles. The number of likely N-dealkylation sites (tertiary alicyclic amines) is 1. The number of piperidine rings is 1. The van der Waals surface area contributed by atoms with Crippen molar-refractivity contribution in [3.05, 3.63) is 29.8 Å². The lowest BCUT2D eigenvalue weighted by atomic mass is 10.0. The second kappa shape index (κ2) is 10.6. The molecule has 1 aromatic rings. The highest BCUT2D eigenvalue weighted by molar-refractivity contribution is 7.75. The molecule has 1 aromatic carbocycles. The second-order valence-corrected chi connectivity index (χ2v) is 9.30. The summed E-state index contributed by atoms with van der Waals surface area (Å²) in [6, 6.07) is 7.74. The number of benzene rings is 1. The third-order valence-electron chi connectivity index (χ3n) is 4.88. The lowest BCUT2D eigenvalue weighted by Crippen LogP contribution is -2.43. The van der Waals surface area contributed by atoms with E-state index in [0.717, 1.165) is 24.2 Å². The molecule has 0 aliphatic carbocycles. The van der Waals surface area contributed by atoms with Crippen LogP contribution >= 0.6 is 0 Å². The molecule has 0 saturated carbocycles. The molecule has 0 spiro atoms. The molecule has 2 aliphatic rings. The minimum atomic E-state index is -1.62. The third-order valence-corrected chi connectivity index (χ3v) is 5.54. The average Bonchev–Trinajstić information content (AvgIpc) is 2.71. The van der Waals surface area contributed by atoms with E-state index >= 15 is 0 Å². The van der Waals surface area contributed by atoms with Crippen LogP contribution in [0.2, 0.25) is 0 Å². The molecule has 0 radical (unpaired) electrons. The van der Waals surface area contributed by atoms with E-state index in [9.17, 15) is 9.00 Å². The fourth-order valence-corrected chi connectivity index (χ4v) is 3.91. The molecule has 30 heavy (non-hydrogen) atoms. The summed E-state index contributed by atoms with van der Waals surface area (Å²) in [5, 5.41) is 0. The first-order valence-corrected chi connectivity index (χ1v) is 11.3. The number of rotatable bonds is 6. The Hall–Kier alpha value is -1.68. The van der Waals surface area contributed by atoms with Crippen molar-refractivity contribution in [2.24, 2.45) is 0 Å². The molecule has 8 nitrogen and oxygen atoms in total. The highest BCUT2D eigenvalue weighted by atomic mass is 32.2. The summed E-state index contributed by atoms with van der Waals surface area (Å²) >= 11 is -1.62. The molecule has 9 heteroatoms. The van der Waals surface area contributed by atoms with Crippen LogP contribution in [0, 0.1) is 0 Å². The zero-order valence-corrected chi connectivity index (χ0v) is 18.7. The molecule has 168 valence electrons. The van der Waals surface area contributed by atoms with Gasteiger partial charge in [0.1, 0.15) is 18.0 Å². The van der Waals surface area contributed by atoms with Gasteiger partial charge in [0.2, 0.25) is 0 Å². The van der Waals surface area contributed by atoms with Gasteiger partial charge in [-0.1, -0.05) is 12.1 Å². The summed E-state index contributed by atoms with van der Waals surface area (Å²) < 4.78 is 38.2. The van der Waals surface area contributed by atoms with Crippen molar-refractivity contribution in [1.29, 1.82) is 0 Å². The molecule has 0 bridgehead atoms. The van der Waals surface area contributed by atoms with E-state index in [4.69, 9.17) is 22.6 Å². The van der Waals surface area contributed by atoms with Crippen molar-refractivity contribution in [3.63, 3.8) is 0 Å². The van der Waals surface area contributed by atoms with Crippen LogP contribution in [0.15, 0.2) is 24.3 Å². The van der Waals surface area contributed by atoms with Crippen LogP contribution in [0.3, 0.4) is 0 Å². The Labute approximate surface area is 180 Å². The summed E-state index contributed by atoms with van der Waals surface area (Å²) in [4.78, 5) is 13.8. The van der Waals surface area contributed by atoms with Crippen LogP contribution in [0.25, 0.3) is 0 Å². The van der Waals surface area contributed by atoms with Crippen LogP contribution in [0.5, 0.6) is 5.75 Å². The highest BCUT2D eigenvalue weighted by Crippen LogP contribution is 2.24. The predicted octanol–water partition coefficient (Wildman–Crippen LogP) is 3.19. The summed E-state index contributed by atoms with van der Waals surface area (Å²) in [6.45, 7) is 8.62. The minimum absolute atomic E-state index is 0.0756. The summed E-state index contributed by atoms with van der Waals surface area (Å²) in [5.41, 5.74) is 0.588. The molecule has 2 aliphatic heterocycles. The van der Waals surface area contributed by atoms with Crippen molar-refractivity contribution < 1.29 is 31.6 Å². The molecule has 0 aromatic heterocycles. The van der Waals surface area contributed by atoms with Crippen LogP contribution in [-0.2, 0) is 29.2 Å². The van der Waals surface area contributed by atoms with Gasteiger partial charge in [0.15, 0.2) is 0 Å². The lowest BCUT2D eigenvalue weighted by molar-refractivity contribution is -0.0177. The first-order valence-electron chi connectivity index (χ1n) is 10.3. The average molecular weight is 442 g/mol. The van der Waals surface area contributed by atoms with E-state index in [1.807, 2.05) is 45.0 Å². The highest BCUT2D eigenvalue weighted by Gasteiger charge is 2.27. The van der Waals surface area contributed by atoms with Gasteiger partial charge in [-0.25, -0.2) is 4.79 Å². The second-order valence-electron chi connectivity index (χ2n) is 8.43. The van der Waals surface area contributed by atoms with Crippen molar-refractivity contribution in [3.8, 4) is 5.75 Å². The minimum Gasteiger partial charge on any atom is -0.491 e. The van der Waals surface area contributed by atoms with Gasteiger partial charge in [-0.15, -0.1) is 0 Å². The molecule has 2 heterocycles.